The Bertz CT molecular complexity index is 773. The number of fused-ring (bicyclic) bond motifs is 1. The van der Waals surface area contributed by atoms with Crippen molar-refractivity contribution in [2.45, 2.75) is 33.6 Å². The highest BCUT2D eigenvalue weighted by molar-refractivity contribution is 6.06. The summed E-state index contributed by atoms with van der Waals surface area (Å²) in [5.41, 5.74) is 6.08. The van der Waals surface area contributed by atoms with Gasteiger partial charge in [-0.15, -0.1) is 0 Å². The highest BCUT2D eigenvalue weighted by atomic mass is 16.4. The van der Waals surface area contributed by atoms with E-state index in [9.17, 15) is 9.90 Å². The van der Waals surface area contributed by atoms with Gasteiger partial charge in [0, 0.05) is 17.5 Å². The number of aromatic carboxylic acids is 1. The molecule has 120 valence electrons. The summed E-state index contributed by atoms with van der Waals surface area (Å²) in [4.78, 5) is 11.2. The van der Waals surface area contributed by atoms with Crippen molar-refractivity contribution in [3.05, 3.63) is 53.0 Å². The molecule has 0 bridgehead atoms. The third-order valence-electron chi connectivity index (χ3n) is 4.07. The van der Waals surface area contributed by atoms with Gasteiger partial charge in [-0.2, -0.15) is 5.10 Å². The van der Waals surface area contributed by atoms with Crippen LogP contribution in [0.15, 0.2) is 39.9 Å². The van der Waals surface area contributed by atoms with E-state index in [4.69, 9.17) is 4.42 Å². The molecule has 1 aromatic heterocycles. The lowest BCUT2D eigenvalue weighted by molar-refractivity contribution is -0.257. The van der Waals surface area contributed by atoms with Crippen LogP contribution in [0.4, 0.5) is 5.69 Å². The molecule has 0 radical (unpaired) electrons. The van der Waals surface area contributed by atoms with Crippen molar-refractivity contribution in [1.82, 2.24) is 0 Å². The summed E-state index contributed by atoms with van der Waals surface area (Å²) in [7, 11) is 0. The molecule has 0 spiro atoms. The number of nitrogens with zero attached hydrogens (tertiary/aromatic N) is 1. The fourth-order valence-corrected chi connectivity index (χ4v) is 3.05. The summed E-state index contributed by atoms with van der Waals surface area (Å²) >= 11 is 0. The molecule has 0 amide bonds. The summed E-state index contributed by atoms with van der Waals surface area (Å²) in [5, 5.41) is 15.7. The fourth-order valence-electron chi connectivity index (χ4n) is 3.05. The smallest absolute Gasteiger partial charge is 0.153 e. The number of benzene rings is 1. The molecule has 1 aliphatic rings. The lowest BCUT2D eigenvalue weighted by Gasteiger charge is -2.29. The largest absolute Gasteiger partial charge is 0.542 e. The zero-order valence-corrected chi connectivity index (χ0v) is 13.5. The maximum atomic E-state index is 11.2. The van der Waals surface area contributed by atoms with Gasteiger partial charge >= 0.3 is 0 Å². The van der Waals surface area contributed by atoms with E-state index in [2.05, 4.69) is 24.4 Å². The van der Waals surface area contributed by atoms with Crippen molar-refractivity contribution >= 4 is 17.4 Å². The van der Waals surface area contributed by atoms with Crippen molar-refractivity contribution in [1.29, 1.82) is 0 Å². The molecular weight excluding hydrogens is 292 g/mol. The van der Waals surface area contributed by atoms with Crippen molar-refractivity contribution in [3.63, 3.8) is 0 Å². The molecule has 1 heterocycles. The second kappa shape index (κ2) is 5.57. The van der Waals surface area contributed by atoms with Gasteiger partial charge in [-0.3, -0.25) is 5.43 Å². The fraction of sp³-hybridized carbons (Fsp3) is 0.333. The van der Waals surface area contributed by atoms with Crippen LogP contribution in [-0.4, -0.2) is 11.7 Å². The van der Waals surface area contributed by atoms with Crippen LogP contribution in [0, 0.1) is 12.3 Å². The average molecular weight is 311 g/mol. The van der Waals surface area contributed by atoms with E-state index in [0.717, 1.165) is 23.4 Å². The van der Waals surface area contributed by atoms with Gasteiger partial charge in [0.25, 0.3) is 0 Å². The van der Waals surface area contributed by atoms with Gasteiger partial charge in [-0.05, 0) is 30.9 Å². The number of nitrogens with one attached hydrogen (secondary N) is 1. The molecule has 1 aromatic carbocycles. The zero-order valence-electron chi connectivity index (χ0n) is 13.5. The molecule has 0 unspecified atom stereocenters. The number of hydrogen-bond acceptors (Lipinski definition) is 5. The van der Waals surface area contributed by atoms with Crippen LogP contribution < -0.4 is 10.5 Å². The normalized spacial score (nSPS) is 17.8. The number of hydrazone groups is 1. The highest BCUT2D eigenvalue weighted by Crippen LogP contribution is 2.38. The summed E-state index contributed by atoms with van der Waals surface area (Å²) in [5.74, 6) is -0.711. The van der Waals surface area contributed by atoms with Crippen molar-refractivity contribution < 1.29 is 14.3 Å². The highest BCUT2D eigenvalue weighted by Gasteiger charge is 2.35. The number of carbonyl (C=O) groups is 1. The Labute approximate surface area is 135 Å². The molecule has 23 heavy (non-hydrogen) atoms. The third-order valence-corrected chi connectivity index (χ3v) is 4.07. The van der Waals surface area contributed by atoms with Gasteiger partial charge in [0.1, 0.15) is 11.7 Å². The number of para-hydroxylation sites is 1. The van der Waals surface area contributed by atoms with E-state index in [1.807, 2.05) is 30.3 Å². The van der Waals surface area contributed by atoms with E-state index in [1.54, 1.807) is 6.92 Å². The lowest BCUT2D eigenvalue weighted by Crippen LogP contribution is -2.27. The maximum absolute atomic E-state index is 11.2. The molecule has 2 aromatic rings. The molecule has 3 rings (SSSR count). The SMILES string of the molecule is Cc1c(C(=O)[O-])oc2c1/C(=N\Nc1ccccc1)CC(C)(C)C2. The molecule has 0 fully saturated rings. The minimum Gasteiger partial charge on any atom is -0.542 e. The quantitative estimate of drug-likeness (QED) is 0.884. The van der Waals surface area contributed by atoms with Crippen molar-refractivity contribution in [2.24, 2.45) is 10.5 Å². The van der Waals surface area contributed by atoms with Crippen LogP contribution in [0.5, 0.6) is 0 Å². The van der Waals surface area contributed by atoms with Gasteiger partial charge in [0.15, 0.2) is 5.76 Å². The molecule has 1 aliphatic carbocycles. The molecular formula is C18H19N2O3-. The number of anilines is 1. The number of carbonyl (C=O) groups excluding carboxylic acids is 1. The van der Waals surface area contributed by atoms with Crippen LogP contribution in [0.3, 0.4) is 0 Å². The van der Waals surface area contributed by atoms with E-state index in [0.29, 0.717) is 17.7 Å². The first-order valence-corrected chi connectivity index (χ1v) is 7.59. The van der Waals surface area contributed by atoms with Gasteiger partial charge in [-0.1, -0.05) is 32.0 Å². The van der Waals surface area contributed by atoms with Gasteiger partial charge < -0.3 is 14.3 Å². The van der Waals surface area contributed by atoms with Crippen LogP contribution in [0.25, 0.3) is 0 Å². The molecule has 5 nitrogen and oxygen atoms in total. The Hall–Kier alpha value is -2.56. The molecule has 0 saturated heterocycles. The van der Waals surface area contributed by atoms with E-state index < -0.39 is 5.97 Å². The Morgan fingerprint density at radius 2 is 1.96 bits per heavy atom. The standard InChI is InChI=1S/C18H20N2O3/c1-11-15-13(20-19-12-7-5-4-6-8-12)9-18(2,3)10-14(15)23-16(11)17(21)22/h4-8,19H,9-10H2,1-3H3,(H,21,22)/p-1/b20-13-. The minimum absolute atomic E-state index is 0.0440. The number of rotatable bonds is 3. The Morgan fingerprint density at radius 1 is 1.26 bits per heavy atom. The number of carboxylic acids is 1. The van der Waals surface area contributed by atoms with E-state index >= 15 is 0 Å². The van der Waals surface area contributed by atoms with Gasteiger partial charge in [0.2, 0.25) is 0 Å². The number of furan rings is 1. The Morgan fingerprint density at radius 3 is 2.61 bits per heavy atom. The first-order chi connectivity index (χ1) is 10.9. The maximum Gasteiger partial charge on any atom is 0.153 e. The van der Waals surface area contributed by atoms with E-state index in [-0.39, 0.29) is 11.2 Å². The minimum atomic E-state index is -1.29. The van der Waals surface area contributed by atoms with Crippen LogP contribution in [-0.2, 0) is 6.42 Å². The monoisotopic (exact) mass is 311 g/mol. The molecule has 5 heteroatoms. The Kier molecular flexibility index (Phi) is 3.72. The first kappa shape index (κ1) is 15.3. The van der Waals surface area contributed by atoms with Crippen LogP contribution in [0.2, 0.25) is 0 Å². The number of hydrogen-bond donors (Lipinski definition) is 1. The predicted molar refractivity (Wildman–Crippen MR) is 86.5 cm³/mol. The lowest BCUT2D eigenvalue weighted by atomic mass is 9.75. The topological polar surface area (TPSA) is 77.7 Å². The summed E-state index contributed by atoms with van der Waals surface area (Å²) in [6.45, 7) is 5.97. The predicted octanol–water partition coefficient (Wildman–Crippen LogP) is 2.74. The molecule has 0 aliphatic heterocycles. The summed E-state index contributed by atoms with van der Waals surface area (Å²) < 4.78 is 5.55. The summed E-state index contributed by atoms with van der Waals surface area (Å²) in [6.07, 6.45) is 1.42. The van der Waals surface area contributed by atoms with E-state index in [1.165, 1.54) is 0 Å². The second-order valence-corrected chi connectivity index (χ2v) is 6.70. The van der Waals surface area contributed by atoms with Crippen molar-refractivity contribution in [3.8, 4) is 0 Å². The van der Waals surface area contributed by atoms with Gasteiger partial charge in [0.05, 0.1) is 11.4 Å². The summed E-state index contributed by atoms with van der Waals surface area (Å²) in [6, 6.07) is 9.64. The molecule has 1 N–H and O–H groups in total. The van der Waals surface area contributed by atoms with Crippen LogP contribution in [0.1, 0.15) is 47.7 Å². The second-order valence-electron chi connectivity index (χ2n) is 6.70. The van der Waals surface area contributed by atoms with Crippen molar-refractivity contribution in [2.75, 3.05) is 5.43 Å². The van der Waals surface area contributed by atoms with Gasteiger partial charge in [-0.25, -0.2) is 0 Å². The average Bonchev–Trinajstić information content (AvgIpc) is 2.81. The number of carboxylic acid groups (broad SMARTS) is 1. The van der Waals surface area contributed by atoms with Crippen LogP contribution >= 0.6 is 0 Å². The Balaban J connectivity index is 2.03. The molecule has 0 atom stereocenters. The first-order valence-electron chi connectivity index (χ1n) is 7.59. The molecule has 0 saturated carbocycles. The zero-order chi connectivity index (χ0) is 16.6. The third kappa shape index (κ3) is 2.99.